The van der Waals surface area contributed by atoms with Crippen LogP contribution in [0.4, 0.5) is 14.6 Å². The number of ether oxygens (including phenoxy) is 1. The molecule has 0 saturated heterocycles. The summed E-state index contributed by atoms with van der Waals surface area (Å²) in [4.78, 5) is 15.1. The van der Waals surface area contributed by atoms with Gasteiger partial charge in [0.15, 0.2) is 11.5 Å². The molecule has 0 fully saturated rings. The van der Waals surface area contributed by atoms with Gasteiger partial charge >= 0.3 is 6.61 Å². The quantitative estimate of drug-likeness (QED) is 0.755. The molecule has 2 heterocycles. The highest BCUT2D eigenvalue weighted by Crippen LogP contribution is 2.18. The highest BCUT2D eigenvalue weighted by molar-refractivity contribution is 5.81. The Morgan fingerprint density at radius 1 is 1.24 bits per heavy atom. The summed E-state index contributed by atoms with van der Waals surface area (Å²) < 4.78 is 28.7. The minimum Gasteiger partial charge on any atom is -0.435 e. The van der Waals surface area contributed by atoms with E-state index < -0.39 is 6.61 Å². The number of hydrogen-bond donors (Lipinski definition) is 2. The Bertz CT molecular complexity index is 746. The van der Waals surface area contributed by atoms with Crippen molar-refractivity contribution in [2.24, 2.45) is 0 Å². The maximum Gasteiger partial charge on any atom is 0.387 e. The Morgan fingerprint density at radius 3 is 3.00 bits per heavy atom. The number of anilines is 1. The summed E-state index contributed by atoms with van der Waals surface area (Å²) in [6.45, 7) is -2.43. The lowest BCUT2D eigenvalue weighted by molar-refractivity contribution is -0.0498. The predicted octanol–water partition coefficient (Wildman–Crippen LogP) is 2.57. The van der Waals surface area contributed by atoms with Crippen molar-refractivity contribution in [1.82, 2.24) is 19.9 Å². The molecule has 3 rings (SSSR count). The molecule has 0 aliphatic rings. The summed E-state index contributed by atoms with van der Waals surface area (Å²) in [6.07, 6.45) is 2.93. The van der Waals surface area contributed by atoms with E-state index in [9.17, 15) is 8.78 Å². The highest BCUT2D eigenvalue weighted by atomic mass is 19.3. The van der Waals surface area contributed by atoms with E-state index >= 15 is 0 Å². The zero-order valence-electron chi connectivity index (χ0n) is 10.8. The van der Waals surface area contributed by atoms with Crippen molar-refractivity contribution in [3.05, 3.63) is 42.5 Å². The standard InChI is InChI=1S/C13H11F2N5O/c14-13(15)21-9-3-1-2-8(4-9)5-16-11-10-12(18-6-17-10)20-7-19-11/h1-4,6-7,13H,5H2,(H2,16,17,18,19,20). The van der Waals surface area contributed by atoms with Crippen molar-refractivity contribution in [1.29, 1.82) is 0 Å². The van der Waals surface area contributed by atoms with Crippen LogP contribution in [0, 0.1) is 0 Å². The Morgan fingerprint density at radius 2 is 2.14 bits per heavy atom. The van der Waals surface area contributed by atoms with Gasteiger partial charge in [0.25, 0.3) is 0 Å². The lowest BCUT2D eigenvalue weighted by Crippen LogP contribution is -2.05. The lowest BCUT2D eigenvalue weighted by atomic mass is 10.2. The molecule has 0 aliphatic heterocycles. The van der Waals surface area contributed by atoms with Gasteiger partial charge in [-0.15, -0.1) is 0 Å². The summed E-state index contributed by atoms with van der Waals surface area (Å²) in [5, 5.41) is 3.11. The molecule has 0 spiro atoms. The fraction of sp³-hybridized carbons (Fsp3) is 0.154. The van der Waals surface area contributed by atoms with Crippen LogP contribution >= 0.6 is 0 Å². The molecule has 0 amide bonds. The van der Waals surface area contributed by atoms with Gasteiger partial charge in [0.05, 0.1) is 6.33 Å². The van der Waals surface area contributed by atoms with Gasteiger partial charge in [0.2, 0.25) is 0 Å². The van der Waals surface area contributed by atoms with Gasteiger partial charge in [-0.2, -0.15) is 8.78 Å². The number of halogens is 2. The second kappa shape index (κ2) is 5.70. The number of aromatic nitrogens is 4. The predicted molar refractivity (Wildman–Crippen MR) is 72.1 cm³/mol. The van der Waals surface area contributed by atoms with Crippen LogP contribution in [0.15, 0.2) is 36.9 Å². The number of fused-ring (bicyclic) bond motifs is 1. The van der Waals surface area contributed by atoms with E-state index in [4.69, 9.17) is 0 Å². The number of benzene rings is 1. The molecule has 108 valence electrons. The Hall–Kier alpha value is -2.77. The Kier molecular flexibility index (Phi) is 3.59. The SMILES string of the molecule is FC(F)Oc1cccc(CNc2ncnc3nc[nH]c23)c1. The summed E-state index contributed by atoms with van der Waals surface area (Å²) in [5.74, 6) is 0.719. The number of hydrogen-bond acceptors (Lipinski definition) is 5. The largest absolute Gasteiger partial charge is 0.435 e. The van der Waals surface area contributed by atoms with E-state index in [0.29, 0.717) is 23.5 Å². The Labute approximate surface area is 118 Å². The fourth-order valence-electron chi connectivity index (χ4n) is 1.92. The number of nitrogens with zero attached hydrogens (tertiary/aromatic N) is 3. The monoisotopic (exact) mass is 291 g/mol. The van der Waals surface area contributed by atoms with E-state index in [2.05, 4.69) is 30.0 Å². The number of H-pyrrole nitrogens is 1. The van der Waals surface area contributed by atoms with Crippen molar-refractivity contribution in [2.75, 3.05) is 5.32 Å². The second-order valence-corrected chi connectivity index (χ2v) is 4.20. The average Bonchev–Trinajstić information content (AvgIpc) is 2.93. The molecule has 6 nitrogen and oxygen atoms in total. The summed E-state index contributed by atoms with van der Waals surface area (Å²) in [6, 6.07) is 6.48. The molecule has 0 radical (unpaired) electrons. The van der Waals surface area contributed by atoms with Gasteiger partial charge in [0, 0.05) is 6.54 Å². The molecule has 8 heteroatoms. The summed E-state index contributed by atoms with van der Waals surface area (Å²) in [5.41, 5.74) is 2.04. The topological polar surface area (TPSA) is 75.7 Å². The smallest absolute Gasteiger partial charge is 0.387 e. The maximum atomic E-state index is 12.2. The summed E-state index contributed by atoms with van der Waals surface area (Å²) in [7, 11) is 0. The van der Waals surface area contributed by atoms with Crippen molar-refractivity contribution < 1.29 is 13.5 Å². The van der Waals surface area contributed by atoms with Gasteiger partial charge in [-0.1, -0.05) is 12.1 Å². The van der Waals surface area contributed by atoms with Crippen molar-refractivity contribution in [3.63, 3.8) is 0 Å². The van der Waals surface area contributed by atoms with Crippen LogP contribution in [-0.2, 0) is 6.54 Å². The molecule has 0 unspecified atom stereocenters. The molecule has 21 heavy (non-hydrogen) atoms. The number of aromatic amines is 1. The van der Waals surface area contributed by atoms with E-state index in [1.54, 1.807) is 18.2 Å². The Balaban J connectivity index is 1.74. The number of alkyl halides is 2. The molecular formula is C13H11F2N5O. The second-order valence-electron chi connectivity index (χ2n) is 4.20. The van der Waals surface area contributed by atoms with Gasteiger partial charge < -0.3 is 15.0 Å². The summed E-state index contributed by atoms with van der Waals surface area (Å²) >= 11 is 0. The van der Waals surface area contributed by atoms with Crippen LogP contribution in [0.2, 0.25) is 0 Å². The van der Waals surface area contributed by atoms with Crippen LogP contribution < -0.4 is 10.1 Å². The zero-order chi connectivity index (χ0) is 14.7. The molecule has 2 aromatic heterocycles. The molecule has 1 aromatic carbocycles. The van der Waals surface area contributed by atoms with Crippen LogP contribution in [-0.4, -0.2) is 26.5 Å². The average molecular weight is 291 g/mol. The van der Waals surface area contributed by atoms with Crippen molar-refractivity contribution >= 4 is 17.0 Å². The van der Waals surface area contributed by atoms with Crippen LogP contribution in [0.25, 0.3) is 11.2 Å². The van der Waals surface area contributed by atoms with Gasteiger partial charge in [-0.25, -0.2) is 15.0 Å². The van der Waals surface area contributed by atoms with E-state index in [1.165, 1.54) is 18.7 Å². The molecule has 3 aromatic rings. The minimum absolute atomic E-state index is 0.124. The van der Waals surface area contributed by atoms with Crippen molar-refractivity contribution in [2.45, 2.75) is 13.2 Å². The first-order valence-corrected chi connectivity index (χ1v) is 6.14. The van der Waals surface area contributed by atoms with E-state index in [1.807, 2.05) is 0 Å². The third kappa shape index (κ3) is 3.04. The first-order chi connectivity index (χ1) is 10.2. The first kappa shape index (κ1) is 13.2. The van der Waals surface area contributed by atoms with Gasteiger partial charge in [-0.05, 0) is 17.7 Å². The fourth-order valence-corrected chi connectivity index (χ4v) is 1.92. The molecule has 2 N–H and O–H groups in total. The zero-order valence-corrected chi connectivity index (χ0v) is 10.8. The number of rotatable bonds is 5. The van der Waals surface area contributed by atoms with E-state index in [0.717, 1.165) is 5.56 Å². The maximum absolute atomic E-state index is 12.2. The third-order valence-electron chi connectivity index (χ3n) is 2.81. The number of nitrogens with one attached hydrogen (secondary N) is 2. The van der Waals surface area contributed by atoms with Crippen molar-refractivity contribution in [3.8, 4) is 5.75 Å². The molecular weight excluding hydrogens is 280 g/mol. The number of imidazole rings is 1. The third-order valence-corrected chi connectivity index (χ3v) is 2.81. The first-order valence-electron chi connectivity index (χ1n) is 6.14. The molecule has 0 saturated carbocycles. The van der Waals surface area contributed by atoms with Crippen LogP contribution in [0.5, 0.6) is 5.75 Å². The van der Waals surface area contributed by atoms with Gasteiger partial charge in [-0.3, -0.25) is 0 Å². The van der Waals surface area contributed by atoms with Crippen LogP contribution in [0.1, 0.15) is 5.56 Å². The minimum atomic E-state index is -2.83. The normalized spacial score (nSPS) is 11.0. The van der Waals surface area contributed by atoms with Crippen LogP contribution in [0.3, 0.4) is 0 Å². The lowest BCUT2D eigenvalue weighted by Gasteiger charge is -2.08. The molecule has 0 aliphatic carbocycles. The highest BCUT2D eigenvalue weighted by Gasteiger charge is 2.07. The molecule has 0 atom stereocenters. The van der Waals surface area contributed by atoms with Gasteiger partial charge in [0.1, 0.15) is 17.6 Å². The molecule has 0 bridgehead atoms. The van der Waals surface area contributed by atoms with E-state index in [-0.39, 0.29) is 5.75 Å².